The van der Waals surface area contributed by atoms with Crippen molar-refractivity contribution in [2.45, 2.75) is 58.7 Å². The number of halogens is 1. The van der Waals surface area contributed by atoms with Crippen LogP contribution in [0.15, 0.2) is 42.5 Å². The lowest BCUT2D eigenvalue weighted by Gasteiger charge is -2.20. The van der Waals surface area contributed by atoms with Crippen LogP contribution in [0.2, 0.25) is 0 Å². The number of benzene rings is 2. The Bertz CT molecular complexity index is 1270. The van der Waals surface area contributed by atoms with Gasteiger partial charge in [0.25, 0.3) is 0 Å². The lowest BCUT2D eigenvalue weighted by molar-refractivity contribution is -0.110. The maximum atomic E-state index is 13.6. The molecule has 0 bridgehead atoms. The minimum Gasteiger partial charge on any atom is -0.493 e. The smallest absolute Gasteiger partial charge is 0.215 e. The minimum atomic E-state index is -0.239. The van der Waals surface area contributed by atoms with E-state index in [4.69, 9.17) is 14.2 Å². The van der Waals surface area contributed by atoms with E-state index in [9.17, 15) is 9.18 Å². The summed E-state index contributed by atoms with van der Waals surface area (Å²) in [4.78, 5) is 15.0. The molecule has 1 saturated carbocycles. The van der Waals surface area contributed by atoms with Crippen molar-refractivity contribution < 1.29 is 23.4 Å². The molecule has 1 aliphatic heterocycles. The fourth-order valence-corrected chi connectivity index (χ4v) is 4.18. The molecule has 37 heavy (non-hydrogen) atoms. The average Bonchev–Trinajstić information content (AvgIpc) is 3.64. The normalized spacial score (nSPS) is 15.2. The first-order valence-corrected chi connectivity index (χ1v) is 12.4. The van der Waals surface area contributed by atoms with E-state index in [0.29, 0.717) is 30.5 Å². The molecule has 0 radical (unpaired) electrons. The van der Waals surface area contributed by atoms with Crippen LogP contribution in [-0.4, -0.2) is 31.3 Å². The lowest BCUT2D eigenvalue weighted by atomic mass is 9.92. The van der Waals surface area contributed by atoms with Gasteiger partial charge in [-0.25, -0.2) is 9.37 Å². The van der Waals surface area contributed by atoms with E-state index in [0.717, 1.165) is 33.9 Å². The number of nitrogens with one attached hydrogen (secondary N) is 2. The van der Waals surface area contributed by atoms with Crippen LogP contribution in [0.4, 0.5) is 4.39 Å². The lowest BCUT2D eigenvalue weighted by Crippen LogP contribution is -2.28. The van der Waals surface area contributed by atoms with E-state index < -0.39 is 0 Å². The summed E-state index contributed by atoms with van der Waals surface area (Å²) < 4.78 is 30.0. The molecule has 0 unspecified atom stereocenters. The monoisotopic (exact) mass is 507 g/mol. The molecular formula is C29H34FN3O4. The standard InChI is InChI=1S/C18H20FN3O2.C11H14O2/c1-11-6-12(4-5-15(11)19)17-13-8-21-18(2,3)14(13)7-16(22-17)24-10-20-9-23;1-8-3-6-10(11(7-8)12-2)13-9-4-5-9/h4-7,9,21H,8,10H2,1-3H3,(H,20,23);3,6-7,9H,4-5H2,1-2H3. The van der Waals surface area contributed by atoms with Gasteiger partial charge >= 0.3 is 0 Å². The van der Waals surface area contributed by atoms with Gasteiger partial charge in [0.05, 0.1) is 18.9 Å². The van der Waals surface area contributed by atoms with E-state index in [-0.39, 0.29) is 18.1 Å². The number of aromatic nitrogens is 1. The van der Waals surface area contributed by atoms with Crippen LogP contribution in [0.3, 0.4) is 0 Å². The van der Waals surface area contributed by atoms with Gasteiger partial charge in [0.1, 0.15) is 5.82 Å². The van der Waals surface area contributed by atoms with Crippen molar-refractivity contribution in [3.8, 4) is 28.6 Å². The Balaban J connectivity index is 0.000000207. The van der Waals surface area contributed by atoms with Gasteiger partial charge in [0.15, 0.2) is 18.2 Å². The van der Waals surface area contributed by atoms with E-state index in [1.54, 1.807) is 26.2 Å². The molecule has 2 aromatic carbocycles. The molecule has 7 nitrogen and oxygen atoms in total. The molecule has 2 aliphatic rings. The van der Waals surface area contributed by atoms with Crippen LogP contribution in [0.25, 0.3) is 11.3 Å². The summed E-state index contributed by atoms with van der Waals surface area (Å²) in [6.45, 7) is 8.69. The molecule has 8 heteroatoms. The fraction of sp³-hybridized carbons (Fsp3) is 0.379. The Labute approximate surface area is 217 Å². The molecule has 0 atom stereocenters. The maximum Gasteiger partial charge on any atom is 0.215 e. The van der Waals surface area contributed by atoms with Crippen molar-refractivity contribution in [3.63, 3.8) is 0 Å². The molecule has 1 fully saturated rings. The number of fused-ring (bicyclic) bond motifs is 1. The van der Waals surface area contributed by atoms with Crippen molar-refractivity contribution >= 4 is 6.41 Å². The fourth-order valence-electron chi connectivity index (χ4n) is 4.18. The summed E-state index contributed by atoms with van der Waals surface area (Å²) in [6.07, 6.45) is 3.36. The van der Waals surface area contributed by atoms with E-state index in [1.807, 2.05) is 31.2 Å². The predicted molar refractivity (Wildman–Crippen MR) is 140 cm³/mol. The Morgan fingerprint density at radius 3 is 2.59 bits per heavy atom. The van der Waals surface area contributed by atoms with Crippen LogP contribution in [-0.2, 0) is 16.9 Å². The number of aryl methyl sites for hydroxylation is 2. The quantitative estimate of drug-likeness (QED) is 0.249. The number of carbonyl (C=O) groups is 1. The van der Waals surface area contributed by atoms with Gasteiger partial charge in [-0.05, 0) is 93.1 Å². The highest BCUT2D eigenvalue weighted by atomic mass is 19.1. The Morgan fingerprint density at radius 1 is 1.14 bits per heavy atom. The molecule has 2 heterocycles. The summed E-state index contributed by atoms with van der Waals surface area (Å²) in [6, 6.07) is 12.9. The van der Waals surface area contributed by atoms with Crippen LogP contribution >= 0.6 is 0 Å². The highest BCUT2D eigenvalue weighted by Crippen LogP contribution is 2.38. The molecule has 196 valence electrons. The molecular weight excluding hydrogens is 473 g/mol. The predicted octanol–water partition coefficient (Wildman–Crippen LogP) is 5.16. The van der Waals surface area contributed by atoms with E-state index in [2.05, 4.69) is 29.5 Å². The van der Waals surface area contributed by atoms with Gasteiger partial charge in [-0.2, -0.15) is 0 Å². The second kappa shape index (κ2) is 11.2. The number of methoxy groups -OCH3 is 1. The highest BCUT2D eigenvalue weighted by molar-refractivity contribution is 5.68. The van der Waals surface area contributed by atoms with Gasteiger partial charge in [-0.3, -0.25) is 4.79 Å². The Hall–Kier alpha value is -3.65. The molecule has 3 aromatic rings. The van der Waals surface area contributed by atoms with Crippen molar-refractivity contribution in [1.82, 2.24) is 15.6 Å². The second-order valence-corrected chi connectivity index (χ2v) is 9.86. The van der Waals surface area contributed by atoms with Gasteiger partial charge in [-0.1, -0.05) is 6.07 Å². The number of pyridine rings is 1. The maximum absolute atomic E-state index is 13.6. The second-order valence-electron chi connectivity index (χ2n) is 9.86. The first-order chi connectivity index (χ1) is 17.7. The van der Waals surface area contributed by atoms with Crippen LogP contribution in [0.1, 0.15) is 48.9 Å². The summed E-state index contributed by atoms with van der Waals surface area (Å²) in [7, 11) is 1.68. The third-order valence-corrected chi connectivity index (χ3v) is 6.44. The van der Waals surface area contributed by atoms with Gasteiger partial charge in [0, 0.05) is 23.7 Å². The first-order valence-electron chi connectivity index (χ1n) is 12.4. The number of hydrogen-bond donors (Lipinski definition) is 2. The minimum absolute atomic E-state index is 0.0467. The number of hydrogen-bond acceptors (Lipinski definition) is 6. The van der Waals surface area contributed by atoms with Gasteiger partial charge < -0.3 is 24.8 Å². The van der Waals surface area contributed by atoms with Crippen molar-refractivity contribution in [2.24, 2.45) is 0 Å². The SMILES string of the molecule is COc1cc(C)ccc1OC1CC1.Cc1cc(-c2nc(OCNC=O)cc3c2CNC3(C)C)ccc1F. The van der Waals surface area contributed by atoms with Crippen molar-refractivity contribution in [3.05, 3.63) is 70.5 Å². The number of amides is 1. The van der Waals surface area contributed by atoms with Crippen LogP contribution in [0, 0.1) is 19.7 Å². The number of carbonyl (C=O) groups excluding carboxylic acids is 1. The highest BCUT2D eigenvalue weighted by Gasteiger charge is 2.33. The largest absolute Gasteiger partial charge is 0.493 e. The summed E-state index contributed by atoms with van der Waals surface area (Å²) in [5, 5.41) is 5.90. The molecule has 1 aliphatic carbocycles. The molecule has 1 aromatic heterocycles. The molecule has 5 rings (SSSR count). The van der Waals surface area contributed by atoms with Crippen LogP contribution in [0.5, 0.6) is 17.4 Å². The number of ether oxygens (including phenoxy) is 3. The average molecular weight is 508 g/mol. The topological polar surface area (TPSA) is 81.7 Å². The summed E-state index contributed by atoms with van der Waals surface area (Å²) in [5.41, 5.74) is 5.35. The zero-order valence-corrected chi connectivity index (χ0v) is 22.0. The van der Waals surface area contributed by atoms with E-state index in [1.165, 1.54) is 24.5 Å². The molecule has 1 amide bonds. The molecule has 0 saturated heterocycles. The Morgan fingerprint density at radius 2 is 1.92 bits per heavy atom. The van der Waals surface area contributed by atoms with Gasteiger partial charge in [-0.15, -0.1) is 0 Å². The van der Waals surface area contributed by atoms with Crippen molar-refractivity contribution in [2.75, 3.05) is 13.8 Å². The zero-order chi connectivity index (χ0) is 26.6. The van der Waals surface area contributed by atoms with E-state index >= 15 is 0 Å². The summed E-state index contributed by atoms with van der Waals surface area (Å²) in [5.74, 6) is 1.90. The van der Waals surface area contributed by atoms with Gasteiger partial charge in [0.2, 0.25) is 12.3 Å². The van der Waals surface area contributed by atoms with Crippen molar-refractivity contribution in [1.29, 1.82) is 0 Å². The third-order valence-electron chi connectivity index (χ3n) is 6.44. The third kappa shape index (κ3) is 6.38. The number of rotatable bonds is 8. The molecule has 0 spiro atoms. The van der Waals surface area contributed by atoms with Crippen LogP contribution < -0.4 is 24.8 Å². The zero-order valence-electron chi connectivity index (χ0n) is 22.0. The Kier molecular flexibility index (Phi) is 7.97. The summed E-state index contributed by atoms with van der Waals surface area (Å²) >= 11 is 0. The first kappa shape index (κ1) is 26.4. The number of nitrogens with zero attached hydrogens (tertiary/aromatic N) is 1. The molecule has 2 N–H and O–H groups in total.